The van der Waals surface area contributed by atoms with Gasteiger partial charge in [0.05, 0.1) is 31.1 Å². The van der Waals surface area contributed by atoms with Crippen LogP contribution in [0.3, 0.4) is 0 Å². The monoisotopic (exact) mass is 568 g/mol. The molecule has 14 heteroatoms. The first-order valence-electron chi connectivity index (χ1n) is 11.9. The number of nitrogens with zero attached hydrogens (tertiary/aromatic N) is 5. The van der Waals surface area contributed by atoms with Gasteiger partial charge in [0.15, 0.2) is 5.84 Å². The van der Waals surface area contributed by atoms with Crippen molar-refractivity contribution in [2.75, 3.05) is 7.11 Å². The van der Waals surface area contributed by atoms with E-state index < -0.39 is 58.8 Å². The van der Waals surface area contributed by atoms with Gasteiger partial charge in [0.2, 0.25) is 0 Å². The molecule has 0 spiro atoms. The summed E-state index contributed by atoms with van der Waals surface area (Å²) in [6.07, 6.45) is -0.124. The molecule has 2 aromatic carbocycles. The maximum Gasteiger partial charge on any atom is 0.414 e. The zero-order chi connectivity index (χ0) is 29.8. The van der Waals surface area contributed by atoms with Crippen LogP contribution in [-0.4, -0.2) is 38.7 Å². The average Bonchev–Trinajstić information content (AvgIpc) is 3.28. The van der Waals surface area contributed by atoms with Crippen molar-refractivity contribution in [1.82, 2.24) is 19.7 Å². The van der Waals surface area contributed by atoms with Crippen molar-refractivity contribution in [2.45, 2.75) is 13.0 Å². The van der Waals surface area contributed by atoms with Crippen molar-refractivity contribution in [2.24, 2.45) is 22.2 Å². The average molecular weight is 569 g/mol. The second kappa shape index (κ2) is 11.8. The van der Waals surface area contributed by atoms with Crippen molar-refractivity contribution in [3.05, 3.63) is 113 Å². The van der Waals surface area contributed by atoms with Gasteiger partial charge in [-0.15, -0.1) is 0 Å². The van der Waals surface area contributed by atoms with E-state index in [1.54, 1.807) is 12.1 Å². The van der Waals surface area contributed by atoms with Gasteiger partial charge in [-0.25, -0.2) is 37.0 Å². The topological polar surface area (TPSA) is 151 Å². The lowest BCUT2D eigenvalue weighted by Crippen LogP contribution is -2.40. The minimum atomic E-state index is -1.11. The number of nitrogens with two attached hydrogens (primary N) is 3. The zero-order valence-electron chi connectivity index (χ0n) is 21.6. The number of amidine groups is 1. The SMILES string of the molecule is C=C(N=C(N)C(=C(N)N)N(Cc1c(F)cccc1F)C(=O)OC)n1nc(Cc2ccccc2F)c2ncc(F)cc21. The first-order valence-corrected chi connectivity index (χ1v) is 11.9. The van der Waals surface area contributed by atoms with Gasteiger partial charge in [-0.2, -0.15) is 5.10 Å². The van der Waals surface area contributed by atoms with E-state index in [2.05, 4.69) is 21.7 Å². The number of aromatic nitrogens is 3. The number of carbonyl (C=O) groups excluding carboxylic acids is 1. The number of aliphatic imine (C=N–C) groups is 1. The molecule has 0 atom stereocenters. The maximum absolute atomic E-state index is 14.4. The van der Waals surface area contributed by atoms with Gasteiger partial charge in [0.1, 0.15) is 46.1 Å². The van der Waals surface area contributed by atoms with E-state index in [0.717, 1.165) is 42.3 Å². The molecule has 0 saturated heterocycles. The maximum atomic E-state index is 14.4. The normalized spacial score (nSPS) is 11.4. The molecule has 212 valence electrons. The van der Waals surface area contributed by atoms with Gasteiger partial charge < -0.3 is 21.9 Å². The van der Waals surface area contributed by atoms with E-state index in [1.807, 2.05) is 0 Å². The lowest BCUT2D eigenvalue weighted by atomic mass is 10.1. The van der Waals surface area contributed by atoms with E-state index in [9.17, 15) is 22.4 Å². The van der Waals surface area contributed by atoms with Crippen molar-refractivity contribution in [3.8, 4) is 0 Å². The number of hydrogen-bond donors (Lipinski definition) is 3. The summed E-state index contributed by atoms with van der Waals surface area (Å²) in [5.74, 6) is -4.33. The Morgan fingerprint density at radius 3 is 2.34 bits per heavy atom. The van der Waals surface area contributed by atoms with E-state index in [-0.39, 0.29) is 29.0 Å². The Bertz CT molecular complexity index is 1690. The second-order valence-electron chi connectivity index (χ2n) is 8.62. The summed E-state index contributed by atoms with van der Waals surface area (Å²) in [7, 11) is 1.03. The quantitative estimate of drug-likeness (QED) is 0.167. The highest BCUT2D eigenvalue weighted by molar-refractivity contribution is 6.01. The number of ether oxygens (including phenoxy) is 1. The highest BCUT2D eigenvalue weighted by atomic mass is 19.1. The van der Waals surface area contributed by atoms with Crippen LogP contribution in [0.25, 0.3) is 16.9 Å². The van der Waals surface area contributed by atoms with Gasteiger partial charge in [-0.3, -0.25) is 4.90 Å². The predicted molar refractivity (Wildman–Crippen MR) is 143 cm³/mol. The van der Waals surface area contributed by atoms with Crippen molar-refractivity contribution < 1.29 is 27.1 Å². The van der Waals surface area contributed by atoms with Crippen molar-refractivity contribution in [1.29, 1.82) is 0 Å². The van der Waals surface area contributed by atoms with E-state index in [4.69, 9.17) is 21.9 Å². The third kappa shape index (κ3) is 5.95. The summed E-state index contributed by atoms with van der Waals surface area (Å²) in [6.45, 7) is 3.10. The van der Waals surface area contributed by atoms with E-state index in [1.165, 1.54) is 12.1 Å². The Labute approximate surface area is 231 Å². The highest BCUT2D eigenvalue weighted by Crippen LogP contribution is 2.25. The molecule has 0 radical (unpaired) electrons. The van der Waals surface area contributed by atoms with Gasteiger partial charge in [0.25, 0.3) is 0 Å². The lowest BCUT2D eigenvalue weighted by molar-refractivity contribution is 0.134. The molecule has 0 bridgehead atoms. The molecular formula is C27H24F4N8O2. The molecule has 2 heterocycles. The van der Waals surface area contributed by atoms with Gasteiger partial charge >= 0.3 is 6.09 Å². The number of methoxy groups -OCH3 is 1. The standard InChI is InChI=1S/C27H24F4N8O2/c1-14(39-22-11-16(28)12-35-23(22)21(37-39)10-15-6-3-4-7-18(15)29)36-26(34)24(25(32)33)38(27(40)41-2)13-17-19(30)8-5-9-20(17)31/h3-9,11-12H,1,10,13,32-33H2,2H3,(H2,34,36). The molecule has 0 fully saturated rings. The smallest absolute Gasteiger partial charge is 0.414 e. The van der Waals surface area contributed by atoms with Crippen LogP contribution in [0, 0.1) is 23.3 Å². The Balaban J connectivity index is 1.76. The number of benzene rings is 2. The van der Waals surface area contributed by atoms with Crippen LogP contribution >= 0.6 is 0 Å². The summed E-state index contributed by atoms with van der Waals surface area (Å²) in [5, 5.41) is 4.39. The minimum absolute atomic E-state index is 0.00645. The van der Waals surface area contributed by atoms with Crippen LogP contribution in [-0.2, 0) is 17.7 Å². The Morgan fingerprint density at radius 2 is 1.71 bits per heavy atom. The zero-order valence-corrected chi connectivity index (χ0v) is 21.6. The molecule has 0 aliphatic rings. The highest BCUT2D eigenvalue weighted by Gasteiger charge is 2.27. The van der Waals surface area contributed by atoms with Crippen LogP contribution in [0.4, 0.5) is 22.4 Å². The van der Waals surface area contributed by atoms with Gasteiger partial charge in [0, 0.05) is 18.1 Å². The van der Waals surface area contributed by atoms with E-state index in [0.29, 0.717) is 10.5 Å². The molecule has 0 aliphatic heterocycles. The largest absolute Gasteiger partial charge is 0.452 e. The molecule has 6 N–H and O–H groups in total. The molecule has 0 unspecified atom stereocenters. The number of pyridine rings is 1. The lowest BCUT2D eigenvalue weighted by Gasteiger charge is -2.25. The molecule has 1 amide bonds. The molecule has 4 aromatic rings. The Morgan fingerprint density at radius 1 is 1.05 bits per heavy atom. The molecule has 2 aromatic heterocycles. The number of carbonyl (C=O) groups is 1. The van der Waals surface area contributed by atoms with Crippen LogP contribution in [0.5, 0.6) is 0 Å². The first kappa shape index (κ1) is 28.6. The summed E-state index contributed by atoms with van der Waals surface area (Å²) >= 11 is 0. The summed E-state index contributed by atoms with van der Waals surface area (Å²) in [4.78, 5) is 21.6. The first-order chi connectivity index (χ1) is 19.5. The van der Waals surface area contributed by atoms with Crippen LogP contribution in [0.15, 0.2) is 77.8 Å². The summed E-state index contributed by atoms with van der Waals surface area (Å²) in [6, 6.07) is 10.3. The van der Waals surface area contributed by atoms with Crippen molar-refractivity contribution in [3.63, 3.8) is 0 Å². The number of amides is 1. The fourth-order valence-electron chi connectivity index (χ4n) is 4.04. The van der Waals surface area contributed by atoms with Crippen molar-refractivity contribution >= 4 is 28.8 Å². The van der Waals surface area contributed by atoms with Crippen LogP contribution in [0.1, 0.15) is 16.8 Å². The third-order valence-corrected chi connectivity index (χ3v) is 5.93. The second-order valence-corrected chi connectivity index (χ2v) is 8.62. The third-order valence-electron chi connectivity index (χ3n) is 5.93. The fourth-order valence-corrected chi connectivity index (χ4v) is 4.04. The van der Waals surface area contributed by atoms with Gasteiger partial charge in [-0.1, -0.05) is 30.8 Å². The van der Waals surface area contributed by atoms with Crippen LogP contribution < -0.4 is 17.2 Å². The van der Waals surface area contributed by atoms with Crippen LogP contribution in [0.2, 0.25) is 0 Å². The number of fused-ring (bicyclic) bond motifs is 1. The predicted octanol–water partition coefficient (Wildman–Crippen LogP) is 3.72. The molecule has 4 rings (SSSR count). The number of halogens is 4. The number of rotatable bonds is 8. The molecule has 0 aliphatic carbocycles. The molecule has 10 nitrogen and oxygen atoms in total. The summed E-state index contributed by atoms with van der Waals surface area (Å²) < 4.78 is 63.1. The Hall–Kier alpha value is -5.40. The van der Waals surface area contributed by atoms with E-state index >= 15 is 0 Å². The number of hydrogen-bond acceptors (Lipinski definition) is 7. The summed E-state index contributed by atoms with van der Waals surface area (Å²) in [5.41, 5.74) is 17.8. The Kier molecular flexibility index (Phi) is 8.21. The molecule has 41 heavy (non-hydrogen) atoms. The molecule has 0 saturated carbocycles. The van der Waals surface area contributed by atoms with Gasteiger partial charge in [-0.05, 0) is 23.8 Å². The minimum Gasteiger partial charge on any atom is -0.452 e. The fraction of sp³-hybridized carbons (Fsp3) is 0.111. The molecular weight excluding hydrogens is 544 g/mol.